The van der Waals surface area contributed by atoms with E-state index < -0.39 is 10.0 Å². The Bertz CT molecular complexity index is 1040. The van der Waals surface area contributed by atoms with Crippen LogP contribution in [0.25, 0.3) is 0 Å². The molecule has 160 valence electrons. The van der Waals surface area contributed by atoms with Gasteiger partial charge in [0.1, 0.15) is 0 Å². The smallest absolute Gasteiger partial charge is 0.264 e. The van der Waals surface area contributed by atoms with Crippen LogP contribution in [0, 0.1) is 5.92 Å². The van der Waals surface area contributed by atoms with Crippen LogP contribution in [0.15, 0.2) is 35.7 Å². The van der Waals surface area contributed by atoms with Gasteiger partial charge in [-0.15, -0.1) is 11.3 Å². The van der Waals surface area contributed by atoms with E-state index in [1.165, 1.54) is 27.5 Å². The van der Waals surface area contributed by atoms with Gasteiger partial charge in [0.15, 0.2) is 0 Å². The van der Waals surface area contributed by atoms with Crippen molar-refractivity contribution in [2.75, 3.05) is 31.2 Å². The van der Waals surface area contributed by atoms with Crippen molar-refractivity contribution in [1.82, 2.24) is 9.21 Å². The van der Waals surface area contributed by atoms with Gasteiger partial charge in [-0.1, -0.05) is 12.1 Å². The third-order valence-corrected chi connectivity index (χ3v) is 7.96. The number of benzene rings is 1. The Hall–Kier alpha value is -2.23. The molecule has 0 unspecified atom stereocenters. The minimum absolute atomic E-state index is 0.0442. The number of nitrogens with one attached hydrogen (secondary N) is 1. The summed E-state index contributed by atoms with van der Waals surface area (Å²) in [7, 11) is -3.20. The van der Waals surface area contributed by atoms with Gasteiger partial charge in [-0.2, -0.15) is 0 Å². The molecule has 1 aromatic heterocycles. The summed E-state index contributed by atoms with van der Waals surface area (Å²) in [6.45, 7) is 1.97. The fraction of sp³-hybridized carbons (Fsp3) is 0.429. The van der Waals surface area contributed by atoms with Gasteiger partial charge in [0.2, 0.25) is 15.9 Å². The molecule has 1 aromatic carbocycles. The predicted molar refractivity (Wildman–Crippen MR) is 117 cm³/mol. The average molecular weight is 448 g/mol. The fourth-order valence-electron chi connectivity index (χ4n) is 4.06. The van der Waals surface area contributed by atoms with Crippen LogP contribution in [0.2, 0.25) is 0 Å². The van der Waals surface area contributed by atoms with Crippen molar-refractivity contribution < 1.29 is 18.0 Å². The first kappa shape index (κ1) is 21.0. The molecular weight excluding hydrogens is 422 g/mol. The number of anilines is 1. The maximum atomic E-state index is 12.7. The van der Waals surface area contributed by atoms with E-state index in [0.717, 1.165) is 22.5 Å². The second-order valence-corrected chi connectivity index (χ2v) is 10.8. The summed E-state index contributed by atoms with van der Waals surface area (Å²) in [5.74, 6) is -0.232. The van der Waals surface area contributed by atoms with Crippen LogP contribution in [0.4, 0.5) is 5.69 Å². The van der Waals surface area contributed by atoms with E-state index >= 15 is 0 Å². The van der Waals surface area contributed by atoms with Crippen molar-refractivity contribution in [2.24, 2.45) is 5.92 Å². The highest BCUT2D eigenvalue weighted by Gasteiger charge is 2.29. The summed E-state index contributed by atoms with van der Waals surface area (Å²) >= 11 is 1.45. The van der Waals surface area contributed by atoms with Crippen LogP contribution in [-0.2, 0) is 27.8 Å². The molecule has 2 amide bonds. The molecule has 1 saturated heterocycles. The van der Waals surface area contributed by atoms with Crippen molar-refractivity contribution in [2.45, 2.75) is 25.8 Å². The van der Waals surface area contributed by atoms with E-state index in [4.69, 9.17) is 0 Å². The molecule has 0 atom stereocenters. The number of hydrogen-bond acceptors (Lipinski definition) is 5. The molecule has 0 aliphatic carbocycles. The topological polar surface area (TPSA) is 86.8 Å². The highest BCUT2D eigenvalue weighted by atomic mass is 32.2. The first-order valence-electron chi connectivity index (χ1n) is 10.0. The minimum Gasteiger partial charge on any atom is -0.333 e. The number of fused-ring (bicyclic) bond motifs is 1. The largest absolute Gasteiger partial charge is 0.333 e. The van der Waals surface area contributed by atoms with Crippen LogP contribution >= 0.6 is 11.3 Å². The summed E-state index contributed by atoms with van der Waals surface area (Å²) in [4.78, 5) is 27.9. The maximum Gasteiger partial charge on any atom is 0.264 e. The van der Waals surface area contributed by atoms with Crippen molar-refractivity contribution in [3.8, 4) is 0 Å². The summed E-state index contributed by atoms with van der Waals surface area (Å²) in [5, 5.41) is 4.88. The number of carbonyl (C=O) groups excluding carboxylic acids is 2. The Morgan fingerprint density at radius 1 is 1.10 bits per heavy atom. The van der Waals surface area contributed by atoms with Crippen LogP contribution in [0.3, 0.4) is 0 Å². The van der Waals surface area contributed by atoms with Crippen molar-refractivity contribution in [1.29, 1.82) is 0 Å². The van der Waals surface area contributed by atoms with E-state index in [9.17, 15) is 18.0 Å². The van der Waals surface area contributed by atoms with Gasteiger partial charge in [-0.05, 0) is 54.0 Å². The van der Waals surface area contributed by atoms with Gasteiger partial charge in [-0.25, -0.2) is 12.7 Å². The second kappa shape index (κ2) is 8.49. The standard InChI is InChI=1S/C21H25N3O4S2/c1-30(27,28)24-10-7-16(8-11-24)20(25)22-18-5-4-15-6-9-23(14-17(15)13-18)21(26)19-3-2-12-29-19/h2-5,12-13,16H,6-11,14H2,1H3,(H,22,25). The Morgan fingerprint density at radius 3 is 2.53 bits per heavy atom. The summed E-state index contributed by atoms with van der Waals surface area (Å²) in [6, 6.07) is 9.59. The monoisotopic (exact) mass is 447 g/mol. The lowest BCUT2D eigenvalue weighted by Gasteiger charge is -2.30. The number of nitrogens with zero attached hydrogens (tertiary/aromatic N) is 2. The van der Waals surface area contributed by atoms with Gasteiger partial charge in [-0.3, -0.25) is 9.59 Å². The molecule has 9 heteroatoms. The first-order valence-corrected chi connectivity index (χ1v) is 12.7. The zero-order valence-corrected chi connectivity index (χ0v) is 18.5. The molecule has 1 fully saturated rings. The Balaban J connectivity index is 1.39. The van der Waals surface area contributed by atoms with Gasteiger partial charge in [0.05, 0.1) is 11.1 Å². The quantitative estimate of drug-likeness (QED) is 0.780. The molecular formula is C21H25N3O4S2. The lowest BCUT2D eigenvalue weighted by atomic mass is 9.96. The SMILES string of the molecule is CS(=O)(=O)N1CCC(C(=O)Nc2ccc3c(c2)CN(C(=O)c2cccs2)CC3)CC1. The van der Waals surface area contributed by atoms with Crippen LogP contribution in [-0.4, -0.2) is 55.3 Å². The number of sulfonamides is 1. The molecule has 1 N–H and O–H groups in total. The molecule has 0 radical (unpaired) electrons. The molecule has 2 aliphatic heterocycles. The molecule has 30 heavy (non-hydrogen) atoms. The zero-order chi connectivity index (χ0) is 21.3. The molecule has 4 rings (SSSR count). The third kappa shape index (κ3) is 4.58. The minimum atomic E-state index is -3.20. The molecule has 0 saturated carbocycles. The first-order chi connectivity index (χ1) is 14.3. The Morgan fingerprint density at radius 2 is 1.87 bits per heavy atom. The lowest BCUT2D eigenvalue weighted by Crippen LogP contribution is -2.40. The van der Waals surface area contributed by atoms with Crippen molar-refractivity contribution >= 4 is 38.9 Å². The third-order valence-electron chi connectivity index (χ3n) is 5.80. The van der Waals surface area contributed by atoms with Crippen LogP contribution in [0.1, 0.15) is 33.6 Å². The number of piperidine rings is 1. The number of rotatable bonds is 4. The van der Waals surface area contributed by atoms with E-state index in [0.29, 0.717) is 39.0 Å². The van der Waals surface area contributed by atoms with Gasteiger partial charge in [0.25, 0.3) is 5.91 Å². The number of amides is 2. The number of carbonyl (C=O) groups is 2. The van der Waals surface area contributed by atoms with Crippen molar-refractivity contribution in [3.05, 3.63) is 51.7 Å². The Kier molecular flexibility index (Phi) is 5.95. The molecule has 7 nitrogen and oxygen atoms in total. The number of hydrogen-bond donors (Lipinski definition) is 1. The van der Waals surface area contributed by atoms with Crippen LogP contribution in [0.5, 0.6) is 0 Å². The van der Waals surface area contributed by atoms with Crippen LogP contribution < -0.4 is 5.32 Å². The van der Waals surface area contributed by atoms with Gasteiger partial charge >= 0.3 is 0 Å². The molecule has 2 aromatic rings. The second-order valence-electron chi connectivity index (χ2n) is 7.86. The Labute approximate surface area is 180 Å². The average Bonchev–Trinajstić information content (AvgIpc) is 3.27. The predicted octanol–water partition coefficient (Wildman–Crippen LogP) is 2.56. The zero-order valence-electron chi connectivity index (χ0n) is 16.8. The van der Waals surface area contributed by atoms with E-state index in [-0.39, 0.29) is 17.7 Å². The van der Waals surface area contributed by atoms with E-state index in [2.05, 4.69) is 5.32 Å². The normalized spacial score (nSPS) is 18.1. The summed E-state index contributed by atoms with van der Waals surface area (Å²) in [5.41, 5.74) is 2.97. The van der Waals surface area contributed by atoms with E-state index in [1.54, 1.807) is 0 Å². The van der Waals surface area contributed by atoms with Gasteiger partial charge < -0.3 is 10.2 Å². The van der Waals surface area contributed by atoms with Crippen molar-refractivity contribution in [3.63, 3.8) is 0 Å². The fourth-order valence-corrected chi connectivity index (χ4v) is 5.62. The molecule has 0 spiro atoms. The highest BCUT2D eigenvalue weighted by Crippen LogP contribution is 2.26. The summed E-state index contributed by atoms with van der Waals surface area (Å²) in [6.07, 6.45) is 3.04. The van der Waals surface area contributed by atoms with Gasteiger partial charge in [0, 0.05) is 37.8 Å². The molecule has 2 aliphatic rings. The van der Waals surface area contributed by atoms with E-state index in [1.807, 2.05) is 40.6 Å². The maximum absolute atomic E-state index is 12.7. The molecule has 3 heterocycles. The summed E-state index contributed by atoms with van der Waals surface area (Å²) < 4.78 is 24.7. The molecule has 0 bridgehead atoms. The lowest BCUT2D eigenvalue weighted by molar-refractivity contribution is -0.120. The number of thiophene rings is 1. The highest BCUT2D eigenvalue weighted by molar-refractivity contribution is 7.88.